The fraction of sp³-hybridized carbons (Fsp3) is 0.867. The Bertz CT molecular complexity index is 310. The van der Waals surface area contributed by atoms with Crippen molar-refractivity contribution in [2.45, 2.75) is 69.6 Å². The van der Waals surface area contributed by atoms with Crippen LogP contribution in [0.25, 0.3) is 0 Å². The van der Waals surface area contributed by atoms with Crippen LogP contribution >= 0.6 is 11.8 Å². The van der Waals surface area contributed by atoms with Gasteiger partial charge >= 0.3 is 0 Å². The van der Waals surface area contributed by atoms with Crippen molar-refractivity contribution in [1.29, 1.82) is 0 Å². The number of rotatable bonds is 8. The molecule has 1 saturated carbocycles. The smallest absolute Gasteiger partial charge is 0.220 e. The Kier molecular flexibility index (Phi) is 8.74. The van der Waals surface area contributed by atoms with Gasteiger partial charge in [-0.15, -0.1) is 0 Å². The lowest BCUT2D eigenvalue weighted by Crippen LogP contribution is -2.43. The molecule has 0 heterocycles. The van der Waals surface area contributed by atoms with Crippen molar-refractivity contribution in [3.05, 3.63) is 0 Å². The second kappa shape index (κ2) is 10.1. The van der Waals surface area contributed by atoms with Gasteiger partial charge < -0.3 is 10.6 Å². The Morgan fingerprint density at radius 2 is 1.90 bits per heavy atom. The fourth-order valence-electron chi connectivity index (χ4n) is 2.67. The molecule has 1 aliphatic rings. The largest absolute Gasteiger partial charge is 0.356 e. The third kappa shape index (κ3) is 7.17. The molecule has 5 heteroatoms. The van der Waals surface area contributed by atoms with Gasteiger partial charge in [0.25, 0.3) is 0 Å². The number of carbonyl (C=O) groups is 2. The molecular weight excluding hydrogens is 272 g/mol. The molecule has 0 radical (unpaired) electrons. The maximum atomic E-state index is 11.9. The van der Waals surface area contributed by atoms with E-state index in [2.05, 4.69) is 16.9 Å². The van der Waals surface area contributed by atoms with Crippen LogP contribution in [0.3, 0.4) is 0 Å². The van der Waals surface area contributed by atoms with Crippen molar-refractivity contribution in [3.63, 3.8) is 0 Å². The van der Waals surface area contributed by atoms with Crippen LogP contribution < -0.4 is 10.6 Å². The summed E-state index contributed by atoms with van der Waals surface area (Å²) in [5, 5.41) is 6.56. The van der Waals surface area contributed by atoms with Gasteiger partial charge in [-0.1, -0.05) is 19.3 Å². The molecule has 0 unspecified atom stereocenters. The molecule has 1 fully saturated rings. The Morgan fingerprint density at radius 1 is 1.15 bits per heavy atom. The van der Waals surface area contributed by atoms with Gasteiger partial charge in [0.15, 0.2) is 0 Å². The number of carbonyl (C=O) groups excluding carboxylic acids is 2. The van der Waals surface area contributed by atoms with Gasteiger partial charge in [0.05, 0.1) is 0 Å². The van der Waals surface area contributed by atoms with Crippen LogP contribution in [0.1, 0.15) is 58.3 Å². The topological polar surface area (TPSA) is 58.2 Å². The zero-order valence-electron chi connectivity index (χ0n) is 12.7. The molecule has 2 amide bonds. The number of hydrogen-bond acceptors (Lipinski definition) is 3. The third-order valence-electron chi connectivity index (χ3n) is 3.81. The minimum Gasteiger partial charge on any atom is -0.356 e. The lowest BCUT2D eigenvalue weighted by atomic mass is 9.94. The highest BCUT2D eigenvalue weighted by molar-refractivity contribution is 7.99. The van der Waals surface area contributed by atoms with E-state index in [1.54, 1.807) is 0 Å². The first-order chi connectivity index (χ1) is 9.63. The zero-order valence-corrected chi connectivity index (χ0v) is 13.6. The van der Waals surface area contributed by atoms with E-state index in [-0.39, 0.29) is 11.8 Å². The van der Waals surface area contributed by atoms with Crippen LogP contribution in [-0.4, -0.2) is 35.9 Å². The predicted octanol–water partition coefficient (Wildman–Crippen LogP) is 2.47. The second-order valence-electron chi connectivity index (χ2n) is 5.53. The standard InChI is InChI=1S/C15H28N2O2S/c1-12(18)16-11-7-3-4-10-15(19)17-13-8-5-6-9-14(13)20-2/h13-14H,3-11H2,1-2H3,(H,16,18)(H,17,19)/t13-,14+/m0/s1. The average molecular weight is 300 g/mol. The first-order valence-corrected chi connectivity index (χ1v) is 8.99. The highest BCUT2D eigenvalue weighted by atomic mass is 32.2. The fourth-order valence-corrected chi connectivity index (χ4v) is 3.61. The summed E-state index contributed by atoms with van der Waals surface area (Å²) >= 11 is 1.88. The van der Waals surface area contributed by atoms with E-state index in [1.165, 1.54) is 26.2 Å². The monoisotopic (exact) mass is 300 g/mol. The van der Waals surface area contributed by atoms with Gasteiger partial charge in [-0.05, 0) is 31.9 Å². The molecule has 2 atom stereocenters. The van der Waals surface area contributed by atoms with Gasteiger partial charge in [0.1, 0.15) is 0 Å². The maximum absolute atomic E-state index is 11.9. The lowest BCUT2D eigenvalue weighted by molar-refractivity contribution is -0.122. The van der Waals surface area contributed by atoms with Gasteiger partial charge in [-0.3, -0.25) is 9.59 Å². The van der Waals surface area contributed by atoms with E-state index in [0.29, 0.717) is 24.3 Å². The van der Waals surface area contributed by atoms with Crippen molar-refractivity contribution >= 4 is 23.6 Å². The van der Waals surface area contributed by atoms with Gasteiger partial charge in [0.2, 0.25) is 11.8 Å². The summed E-state index contributed by atoms with van der Waals surface area (Å²) in [6.45, 7) is 2.24. The number of nitrogens with one attached hydrogen (secondary N) is 2. The van der Waals surface area contributed by atoms with Crippen LogP contribution in [0.15, 0.2) is 0 Å². The molecule has 0 aliphatic heterocycles. The quantitative estimate of drug-likeness (QED) is 0.677. The molecule has 1 rings (SSSR count). The molecule has 2 N–H and O–H groups in total. The number of amides is 2. The third-order valence-corrected chi connectivity index (χ3v) is 4.98. The van der Waals surface area contributed by atoms with E-state index in [1.807, 2.05) is 11.8 Å². The minimum absolute atomic E-state index is 0.0168. The number of thioether (sulfide) groups is 1. The normalized spacial score (nSPS) is 22.3. The van der Waals surface area contributed by atoms with E-state index in [0.717, 1.165) is 25.7 Å². The average Bonchev–Trinajstić information content (AvgIpc) is 2.43. The van der Waals surface area contributed by atoms with Crippen LogP contribution in [-0.2, 0) is 9.59 Å². The lowest BCUT2D eigenvalue weighted by Gasteiger charge is -2.30. The highest BCUT2D eigenvalue weighted by Crippen LogP contribution is 2.27. The molecule has 0 aromatic carbocycles. The van der Waals surface area contributed by atoms with Crippen molar-refractivity contribution in [2.75, 3.05) is 12.8 Å². The molecule has 0 aromatic rings. The Hall–Kier alpha value is -0.710. The van der Waals surface area contributed by atoms with Crippen molar-refractivity contribution in [3.8, 4) is 0 Å². The van der Waals surface area contributed by atoms with Crippen molar-refractivity contribution in [2.24, 2.45) is 0 Å². The van der Waals surface area contributed by atoms with E-state index in [4.69, 9.17) is 0 Å². The van der Waals surface area contributed by atoms with E-state index in [9.17, 15) is 9.59 Å². The van der Waals surface area contributed by atoms with Crippen LogP contribution in [0.4, 0.5) is 0 Å². The maximum Gasteiger partial charge on any atom is 0.220 e. The van der Waals surface area contributed by atoms with Crippen LogP contribution in [0.2, 0.25) is 0 Å². The SMILES string of the molecule is CS[C@@H]1CCCC[C@@H]1NC(=O)CCCCCNC(C)=O. The molecular formula is C15H28N2O2S. The minimum atomic E-state index is 0.0168. The van der Waals surface area contributed by atoms with E-state index < -0.39 is 0 Å². The van der Waals surface area contributed by atoms with Gasteiger partial charge in [0, 0.05) is 31.2 Å². The zero-order chi connectivity index (χ0) is 14.8. The van der Waals surface area contributed by atoms with Crippen molar-refractivity contribution < 1.29 is 9.59 Å². The molecule has 4 nitrogen and oxygen atoms in total. The van der Waals surface area contributed by atoms with E-state index >= 15 is 0 Å². The van der Waals surface area contributed by atoms with Crippen LogP contribution in [0, 0.1) is 0 Å². The summed E-state index contributed by atoms with van der Waals surface area (Å²) in [4.78, 5) is 22.6. The summed E-state index contributed by atoms with van der Waals surface area (Å²) < 4.78 is 0. The molecule has 116 valence electrons. The summed E-state index contributed by atoms with van der Waals surface area (Å²) in [6, 6.07) is 0.366. The predicted molar refractivity (Wildman–Crippen MR) is 84.9 cm³/mol. The first-order valence-electron chi connectivity index (χ1n) is 7.70. The summed E-state index contributed by atoms with van der Waals surface area (Å²) in [5.74, 6) is 0.207. The Morgan fingerprint density at radius 3 is 2.60 bits per heavy atom. The highest BCUT2D eigenvalue weighted by Gasteiger charge is 2.25. The molecule has 0 saturated heterocycles. The molecule has 0 spiro atoms. The van der Waals surface area contributed by atoms with Crippen molar-refractivity contribution in [1.82, 2.24) is 10.6 Å². The summed E-state index contributed by atoms with van der Waals surface area (Å²) in [7, 11) is 0. The summed E-state index contributed by atoms with van der Waals surface area (Å²) in [6.07, 6.45) is 10.5. The summed E-state index contributed by atoms with van der Waals surface area (Å²) in [5.41, 5.74) is 0. The van der Waals surface area contributed by atoms with Gasteiger partial charge in [-0.2, -0.15) is 11.8 Å². The molecule has 20 heavy (non-hydrogen) atoms. The molecule has 1 aliphatic carbocycles. The number of unbranched alkanes of at least 4 members (excludes halogenated alkanes) is 2. The molecule has 0 bridgehead atoms. The Balaban J connectivity index is 2.08. The van der Waals surface area contributed by atoms with Gasteiger partial charge in [-0.25, -0.2) is 0 Å². The second-order valence-corrected chi connectivity index (χ2v) is 6.60. The Labute approximate surface area is 126 Å². The van der Waals surface area contributed by atoms with Crippen LogP contribution in [0.5, 0.6) is 0 Å². The first kappa shape index (κ1) is 17.3. The molecule has 0 aromatic heterocycles. The number of hydrogen-bond donors (Lipinski definition) is 2.